The summed E-state index contributed by atoms with van der Waals surface area (Å²) in [5.74, 6) is -0.186. The maximum atomic E-state index is 14.0. The molecule has 16 heteroatoms. The van der Waals surface area contributed by atoms with Crippen LogP contribution >= 0.6 is 15.9 Å². The van der Waals surface area contributed by atoms with Gasteiger partial charge in [-0.25, -0.2) is 9.59 Å². The monoisotopic (exact) mass is 789 g/mol. The first-order chi connectivity index (χ1) is 24.4. The van der Waals surface area contributed by atoms with Crippen molar-refractivity contribution in [1.82, 2.24) is 28.2 Å². The van der Waals surface area contributed by atoms with Crippen molar-refractivity contribution in [1.29, 1.82) is 0 Å². The number of nitrogens with zero attached hydrogens (tertiary/aromatic N) is 6. The third-order valence-electron chi connectivity index (χ3n) is 10.6. The highest BCUT2D eigenvalue weighted by molar-refractivity contribution is 9.10. The standard InChI is InChI=1S/C35H48BrN7O7S/c1-38(2)51(48,49)42-21-19-39(20-22-42)27-10-14-40(15-11-27)33(45)32(24-25-7-8-31(44)29(36)23-25)50-35(47)41-16-12-28(13-17-41)43-18-9-26-5-3-4-6-30(26)37-34(43)46/h3-8,23,27-28,32,44H,9-22,24H2,1-2H3,(H,37,46). The van der Waals surface area contributed by atoms with Crippen molar-refractivity contribution in [2.24, 2.45) is 0 Å². The molecule has 3 fully saturated rings. The number of fused-ring (bicyclic) bond motifs is 1. The van der Waals surface area contributed by atoms with E-state index in [1.807, 2.05) is 29.2 Å². The van der Waals surface area contributed by atoms with E-state index in [1.165, 1.54) is 8.61 Å². The second-order valence-electron chi connectivity index (χ2n) is 13.9. The Bertz CT molecular complexity index is 1690. The summed E-state index contributed by atoms with van der Waals surface area (Å²) >= 11 is 3.35. The molecule has 278 valence electrons. The fourth-order valence-corrected chi connectivity index (χ4v) is 9.06. The molecule has 51 heavy (non-hydrogen) atoms. The lowest BCUT2D eigenvalue weighted by molar-refractivity contribution is -0.142. The second kappa shape index (κ2) is 16.1. The molecule has 1 unspecified atom stereocenters. The van der Waals surface area contributed by atoms with Crippen molar-refractivity contribution in [3.63, 3.8) is 0 Å². The summed E-state index contributed by atoms with van der Waals surface area (Å²) in [5, 5.41) is 13.1. The van der Waals surface area contributed by atoms with Crippen LogP contribution in [0.2, 0.25) is 0 Å². The highest BCUT2D eigenvalue weighted by Crippen LogP contribution is 2.28. The molecule has 3 saturated heterocycles. The minimum absolute atomic E-state index is 0.0169. The molecule has 0 bridgehead atoms. The zero-order chi connectivity index (χ0) is 36.3. The van der Waals surface area contributed by atoms with Crippen LogP contribution in [0, 0.1) is 0 Å². The number of amides is 4. The second-order valence-corrected chi connectivity index (χ2v) is 16.9. The molecule has 0 spiro atoms. The van der Waals surface area contributed by atoms with E-state index in [9.17, 15) is 27.9 Å². The smallest absolute Gasteiger partial charge is 0.410 e. The van der Waals surface area contributed by atoms with Gasteiger partial charge in [-0.2, -0.15) is 17.0 Å². The van der Waals surface area contributed by atoms with E-state index in [4.69, 9.17) is 4.74 Å². The van der Waals surface area contributed by atoms with Crippen LogP contribution in [-0.4, -0.2) is 151 Å². The lowest BCUT2D eigenvalue weighted by atomic mass is 10.0. The van der Waals surface area contributed by atoms with E-state index in [-0.39, 0.29) is 36.2 Å². The number of phenolic OH excluding ortho intramolecular Hbond substituents is 1. The molecule has 4 heterocycles. The van der Waals surface area contributed by atoms with E-state index >= 15 is 0 Å². The van der Waals surface area contributed by atoms with Crippen molar-refractivity contribution in [2.45, 2.75) is 56.7 Å². The van der Waals surface area contributed by atoms with Gasteiger partial charge in [0.2, 0.25) is 0 Å². The van der Waals surface area contributed by atoms with E-state index in [2.05, 4.69) is 26.1 Å². The van der Waals surface area contributed by atoms with Gasteiger partial charge in [0.15, 0.2) is 6.10 Å². The van der Waals surface area contributed by atoms with Crippen molar-refractivity contribution in [2.75, 3.05) is 78.3 Å². The highest BCUT2D eigenvalue weighted by Gasteiger charge is 2.37. The number of hydrogen-bond acceptors (Lipinski definition) is 8. The number of halogens is 1. The van der Waals surface area contributed by atoms with Gasteiger partial charge in [0.05, 0.1) is 4.47 Å². The lowest BCUT2D eigenvalue weighted by Crippen LogP contribution is -2.57. The molecule has 4 aliphatic rings. The average molecular weight is 791 g/mol. The minimum Gasteiger partial charge on any atom is -0.507 e. The molecule has 1 atom stereocenters. The molecular formula is C35H48BrN7O7S. The van der Waals surface area contributed by atoms with Gasteiger partial charge in [-0.1, -0.05) is 24.3 Å². The van der Waals surface area contributed by atoms with Gasteiger partial charge in [0.25, 0.3) is 16.1 Å². The Hall–Kier alpha value is -3.44. The molecular weight excluding hydrogens is 742 g/mol. The van der Waals surface area contributed by atoms with Gasteiger partial charge in [-0.05, 0) is 77.4 Å². The Morgan fingerprint density at radius 3 is 2.24 bits per heavy atom. The largest absolute Gasteiger partial charge is 0.507 e. The third-order valence-corrected chi connectivity index (χ3v) is 13.2. The summed E-state index contributed by atoms with van der Waals surface area (Å²) in [7, 11) is -0.365. The molecule has 0 aromatic heterocycles. The number of anilines is 1. The molecule has 0 aliphatic carbocycles. The van der Waals surface area contributed by atoms with Crippen LogP contribution in [0.3, 0.4) is 0 Å². The van der Waals surface area contributed by atoms with Crippen LogP contribution in [0.15, 0.2) is 46.9 Å². The number of likely N-dealkylation sites (tertiary alicyclic amines) is 2. The molecule has 4 amide bonds. The number of benzene rings is 2. The van der Waals surface area contributed by atoms with Gasteiger partial charge >= 0.3 is 12.1 Å². The van der Waals surface area contributed by atoms with E-state index in [0.717, 1.165) is 36.1 Å². The molecule has 0 radical (unpaired) electrons. The third kappa shape index (κ3) is 8.62. The van der Waals surface area contributed by atoms with Crippen molar-refractivity contribution in [3.05, 3.63) is 58.1 Å². The number of carbonyl (C=O) groups excluding carboxylic acids is 3. The molecule has 2 N–H and O–H groups in total. The van der Waals surface area contributed by atoms with Gasteiger partial charge in [-0.3, -0.25) is 9.69 Å². The molecule has 2 aromatic carbocycles. The SMILES string of the molecule is CN(C)S(=O)(=O)N1CCN(C2CCN(C(=O)C(Cc3ccc(O)c(Br)c3)OC(=O)N3CCC(N4CCc5ccccc5NC4=O)CC3)CC2)CC1. The molecule has 4 aliphatic heterocycles. The number of urea groups is 1. The van der Waals surface area contributed by atoms with E-state index in [1.54, 1.807) is 42.1 Å². The fourth-order valence-electron chi connectivity index (χ4n) is 7.55. The summed E-state index contributed by atoms with van der Waals surface area (Å²) in [6.45, 7) is 4.53. The molecule has 14 nitrogen and oxygen atoms in total. The maximum Gasteiger partial charge on any atom is 0.410 e. The topological polar surface area (TPSA) is 146 Å². The fraction of sp³-hybridized carbons (Fsp3) is 0.571. The minimum atomic E-state index is -3.45. The summed E-state index contributed by atoms with van der Waals surface area (Å²) in [4.78, 5) is 48.3. The van der Waals surface area contributed by atoms with Crippen LogP contribution in [0.25, 0.3) is 0 Å². The van der Waals surface area contributed by atoms with Gasteiger partial charge in [-0.15, -0.1) is 0 Å². The zero-order valence-corrected chi connectivity index (χ0v) is 31.6. The number of rotatable bonds is 8. The van der Waals surface area contributed by atoms with Crippen LogP contribution in [-0.2, 0) is 32.6 Å². The molecule has 2 aromatic rings. The molecule has 6 rings (SSSR count). The van der Waals surface area contributed by atoms with Gasteiger partial charge in [0, 0.05) is 97.2 Å². The zero-order valence-electron chi connectivity index (χ0n) is 29.2. The predicted octanol–water partition coefficient (Wildman–Crippen LogP) is 3.17. The van der Waals surface area contributed by atoms with E-state index < -0.39 is 22.4 Å². The van der Waals surface area contributed by atoms with Gasteiger partial charge < -0.3 is 29.9 Å². The number of piperazine rings is 1. The van der Waals surface area contributed by atoms with Gasteiger partial charge in [0.1, 0.15) is 5.75 Å². The van der Waals surface area contributed by atoms with Crippen LogP contribution < -0.4 is 5.32 Å². The first-order valence-electron chi connectivity index (χ1n) is 17.7. The average Bonchev–Trinajstić information content (AvgIpc) is 3.30. The van der Waals surface area contributed by atoms with E-state index in [0.29, 0.717) is 76.2 Å². The predicted molar refractivity (Wildman–Crippen MR) is 196 cm³/mol. The quantitative estimate of drug-likeness (QED) is 0.415. The summed E-state index contributed by atoms with van der Waals surface area (Å²) in [5.41, 5.74) is 2.67. The number of nitrogens with one attached hydrogen (secondary N) is 1. The Morgan fingerprint density at radius 2 is 1.57 bits per heavy atom. The van der Waals surface area contributed by atoms with Crippen molar-refractivity contribution < 1.29 is 32.6 Å². The number of carbonyl (C=O) groups is 3. The normalized spacial score (nSPS) is 20.9. The lowest BCUT2D eigenvalue weighted by Gasteiger charge is -2.43. The Kier molecular flexibility index (Phi) is 11.8. The summed E-state index contributed by atoms with van der Waals surface area (Å²) in [6, 6.07) is 12.9. The maximum absolute atomic E-state index is 14.0. The highest BCUT2D eigenvalue weighted by atomic mass is 79.9. The molecule has 0 saturated carbocycles. The van der Waals surface area contributed by atoms with Crippen LogP contribution in [0.4, 0.5) is 15.3 Å². The first kappa shape index (κ1) is 37.3. The van der Waals surface area contributed by atoms with Crippen molar-refractivity contribution >= 4 is 49.9 Å². The number of ether oxygens (including phenoxy) is 1. The Labute approximate surface area is 308 Å². The number of phenols is 1. The Morgan fingerprint density at radius 1 is 0.922 bits per heavy atom. The number of para-hydroxylation sites is 1. The number of aromatic hydroxyl groups is 1. The number of hydrogen-bond donors (Lipinski definition) is 2. The van der Waals surface area contributed by atoms with Crippen molar-refractivity contribution in [3.8, 4) is 5.75 Å². The summed E-state index contributed by atoms with van der Waals surface area (Å²) < 4.78 is 34.3. The summed E-state index contributed by atoms with van der Waals surface area (Å²) in [6.07, 6.45) is 1.97. The van der Waals surface area contributed by atoms with Crippen LogP contribution in [0.1, 0.15) is 36.8 Å². The van der Waals surface area contributed by atoms with Crippen LogP contribution in [0.5, 0.6) is 5.75 Å². The Balaban J connectivity index is 1.05. The first-order valence-corrected chi connectivity index (χ1v) is 19.9. The number of piperidine rings is 2.